The summed E-state index contributed by atoms with van der Waals surface area (Å²) in [5.74, 6) is 3.36. The third-order valence-electron chi connectivity index (χ3n) is 8.85. The molecule has 2 aromatic carbocycles. The van der Waals surface area contributed by atoms with Crippen LogP contribution in [0.2, 0.25) is 0 Å². The van der Waals surface area contributed by atoms with E-state index in [9.17, 15) is 22.4 Å². The van der Waals surface area contributed by atoms with Crippen molar-refractivity contribution in [3.8, 4) is 17.6 Å². The third-order valence-corrected chi connectivity index (χ3v) is 8.85. The molecule has 3 heterocycles. The van der Waals surface area contributed by atoms with Crippen molar-refractivity contribution in [2.75, 3.05) is 50.6 Å². The lowest BCUT2D eigenvalue weighted by Crippen LogP contribution is -2.68. The van der Waals surface area contributed by atoms with Crippen molar-refractivity contribution in [2.45, 2.75) is 50.5 Å². The topological polar surface area (TPSA) is 88.0 Å². The molecule has 6 rings (SSSR count). The van der Waals surface area contributed by atoms with Gasteiger partial charge in [-0.25, -0.2) is 9.18 Å². The van der Waals surface area contributed by atoms with E-state index in [0.29, 0.717) is 22.4 Å². The minimum absolute atomic E-state index is 0.0464. The van der Waals surface area contributed by atoms with E-state index >= 15 is 0 Å². The van der Waals surface area contributed by atoms with Crippen LogP contribution in [0.25, 0.3) is 10.9 Å². The fourth-order valence-electron chi connectivity index (χ4n) is 6.61. The van der Waals surface area contributed by atoms with Crippen molar-refractivity contribution in [3.63, 3.8) is 0 Å². The summed E-state index contributed by atoms with van der Waals surface area (Å²) < 4.78 is 66.8. The van der Waals surface area contributed by atoms with Crippen LogP contribution >= 0.6 is 0 Å². The van der Waals surface area contributed by atoms with Gasteiger partial charge in [0.15, 0.2) is 0 Å². The lowest BCUT2D eigenvalue weighted by molar-refractivity contribution is -0.200. The Morgan fingerprint density at radius 3 is 2.52 bits per heavy atom. The molecule has 1 saturated carbocycles. The predicted octanol–water partition coefficient (Wildman–Crippen LogP) is 5.57. The Balaban J connectivity index is 1.16. The Morgan fingerprint density at radius 2 is 1.89 bits per heavy atom. The van der Waals surface area contributed by atoms with Gasteiger partial charge in [0.25, 0.3) is 0 Å². The first-order valence-electron chi connectivity index (χ1n) is 14.7. The highest BCUT2D eigenvalue weighted by molar-refractivity contribution is 5.94. The molecule has 8 nitrogen and oxygen atoms in total. The van der Waals surface area contributed by atoms with E-state index in [1.54, 1.807) is 18.2 Å². The molecule has 3 N–H and O–H groups in total. The number of aromatic nitrogens is 1. The van der Waals surface area contributed by atoms with E-state index in [1.807, 2.05) is 6.07 Å². The molecule has 0 radical (unpaired) electrons. The molecule has 234 valence electrons. The first-order chi connectivity index (χ1) is 21.0. The summed E-state index contributed by atoms with van der Waals surface area (Å²) in [5, 5.41) is 16.2. The summed E-state index contributed by atoms with van der Waals surface area (Å²) in [6.45, 7) is 2.73. The SMILES string of the molecule is COc1cc(C(=O)O)c(F)cc1NCC#Cc1cc2c(N[C@H]3CC[C@H](N4CC5(COC5)C4)CC3)cccc2n1CC(F)(F)F. The van der Waals surface area contributed by atoms with Crippen LogP contribution in [0.3, 0.4) is 0 Å². The molecule has 0 bridgehead atoms. The van der Waals surface area contributed by atoms with Gasteiger partial charge < -0.3 is 29.8 Å². The van der Waals surface area contributed by atoms with Gasteiger partial charge in [-0.1, -0.05) is 12.0 Å². The molecule has 0 unspecified atom stereocenters. The number of methoxy groups -OCH3 is 1. The normalized spacial score (nSPS) is 21.2. The van der Waals surface area contributed by atoms with Crippen LogP contribution in [-0.4, -0.2) is 78.8 Å². The van der Waals surface area contributed by atoms with E-state index in [1.165, 1.54) is 7.11 Å². The standard InChI is InChI=1S/C32H34F4N4O4/c1-43-29-13-23(30(41)42)25(33)14-27(29)37-11-3-4-22-12-24-26(5-2-6-28(24)40(22)17-32(34,35)36)38-20-7-9-21(10-8-20)39-15-31(16-39)18-44-19-31/h2,5-6,12-14,20-21,37-38H,7-11,15-19H2,1H3,(H,41,42)/t20-,21-. The molecule has 12 heteroatoms. The zero-order valence-corrected chi connectivity index (χ0v) is 24.3. The maximum atomic E-state index is 14.2. The average molecular weight is 615 g/mol. The molecule has 2 aliphatic heterocycles. The molecule has 44 heavy (non-hydrogen) atoms. The van der Waals surface area contributed by atoms with Crippen LogP contribution in [0.5, 0.6) is 5.75 Å². The lowest BCUT2D eigenvalue weighted by Gasteiger charge is -2.58. The highest BCUT2D eigenvalue weighted by Gasteiger charge is 2.50. The van der Waals surface area contributed by atoms with Gasteiger partial charge in [-0.2, -0.15) is 13.2 Å². The fraction of sp³-hybridized carbons (Fsp3) is 0.469. The van der Waals surface area contributed by atoms with Crippen molar-refractivity contribution in [1.82, 2.24) is 9.47 Å². The monoisotopic (exact) mass is 614 g/mol. The predicted molar refractivity (Wildman–Crippen MR) is 158 cm³/mol. The highest BCUT2D eigenvalue weighted by Crippen LogP contribution is 2.41. The van der Waals surface area contributed by atoms with Crippen LogP contribution in [0, 0.1) is 23.1 Å². The van der Waals surface area contributed by atoms with E-state index in [-0.39, 0.29) is 29.7 Å². The van der Waals surface area contributed by atoms with E-state index < -0.39 is 30.1 Å². The summed E-state index contributed by atoms with van der Waals surface area (Å²) in [4.78, 5) is 13.8. The number of hydrogen-bond acceptors (Lipinski definition) is 6. The number of nitrogens with zero attached hydrogens (tertiary/aromatic N) is 2. The number of fused-ring (bicyclic) bond motifs is 1. The molecule has 3 aliphatic rings. The summed E-state index contributed by atoms with van der Waals surface area (Å²) in [5.41, 5.74) is 1.43. The highest BCUT2D eigenvalue weighted by atomic mass is 19.4. The second-order valence-electron chi connectivity index (χ2n) is 12.0. The zero-order chi connectivity index (χ0) is 31.1. The third kappa shape index (κ3) is 6.16. The van der Waals surface area contributed by atoms with Crippen LogP contribution in [-0.2, 0) is 11.3 Å². The molecule has 2 saturated heterocycles. The minimum Gasteiger partial charge on any atom is -0.495 e. The fourth-order valence-corrected chi connectivity index (χ4v) is 6.61. The minimum atomic E-state index is -4.46. The Hall–Kier alpha value is -3.95. The number of nitrogens with one attached hydrogen (secondary N) is 2. The van der Waals surface area contributed by atoms with Gasteiger partial charge in [-0.3, -0.25) is 4.90 Å². The molecular weight excluding hydrogens is 580 g/mol. The first kappa shape index (κ1) is 30.1. The number of carboxylic acid groups (broad SMARTS) is 1. The zero-order valence-electron chi connectivity index (χ0n) is 24.3. The van der Waals surface area contributed by atoms with Crippen LogP contribution in [0.4, 0.5) is 28.9 Å². The number of anilines is 2. The van der Waals surface area contributed by atoms with Crippen molar-refractivity contribution >= 4 is 28.2 Å². The van der Waals surface area contributed by atoms with Gasteiger partial charge in [-0.05, 0) is 55.9 Å². The maximum Gasteiger partial charge on any atom is 0.406 e. The number of likely N-dealkylation sites (tertiary alicyclic amines) is 1. The van der Waals surface area contributed by atoms with E-state index in [4.69, 9.17) is 14.6 Å². The van der Waals surface area contributed by atoms with Gasteiger partial charge in [0.2, 0.25) is 0 Å². The number of rotatable bonds is 8. The molecule has 3 fully saturated rings. The number of alkyl halides is 3. The molecular formula is C32H34F4N4O4. The van der Waals surface area contributed by atoms with Crippen LogP contribution in [0.1, 0.15) is 41.7 Å². The number of aromatic carboxylic acids is 1. The molecule has 1 aliphatic carbocycles. The number of ether oxygens (including phenoxy) is 2. The summed E-state index contributed by atoms with van der Waals surface area (Å²) in [6, 6.07) is 9.82. The molecule has 1 spiro atoms. The van der Waals surface area contributed by atoms with E-state index in [0.717, 1.165) is 74.4 Å². The maximum absolute atomic E-state index is 14.2. The molecule has 1 aromatic heterocycles. The van der Waals surface area contributed by atoms with Crippen molar-refractivity contribution < 1.29 is 36.9 Å². The van der Waals surface area contributed by atoms with Crippen LogP contribution in [0.15, 0.2) is 36.4 Å². The van der Waals surface area contributed by atoms with E-state index in [2.05, 4.69) is 27.4 Å². The van der Waals surface area contributed by atoms with Gasteiger partial charge >= 0.3 is 12.1 Å². The summed E-state index contributed by atoms with van der Waals surface area (Å²) >= 11 is 0. The average Bonchev–Trinajstić information content (AvgIpc) is 3.27. The van der Waals surface area contributed by atoms with Crippen LogP contribution < -0.4 is 15.4 Å². The van der Waals surface area contributed by atoms with Gasteiger partial charge in [0.05, 0.1) is 49.3 Å². The first-order valence-corrected chi connectivity index (χ1v) is 14.7. The number of carbonyl (C=O) groups is 1. The quantitative estimate of drug-likeness (QED) is 0.226. The summed E-state index contributed by atoms with van der Waals surface area (Å²) in [7, 11) is 1.31. The Labute approximate surface area is 252 Å². The Kier molecular flexibility index (Phi) is 8.11. The molecule has 3 aromatic rings. The second-order valence-corrected chi connectivity index (χ2v) is 12.0. The van der Waals surface area contributed by atoms with Crippen molar-refractivity contribution in [2.24, 2.45) is 5.41 Å². The largest absolute Gasteiger partial charge is 0.495 e. The lowest BCUT2D eigenvalue weighted by atomic mass is 9.75. The Bertz CT molecular complexity index is 1610. The van der Waals surface area contributed by atoms with Gasteiger partial charge in [0.1, 0.15) is 18.1 Å². The van der Waals surface area contributed by atoms with Gasteiger partial charge in [0, 0.05) is 47.7 Å². The number of benzene rings is 2. The second kappa shape index (κ2) is 11.9. The molecule has 0 atom stereocenters. The number of hydrogen-bond donors (Lipinski definition) is 3. The van der Waals surface area contributed by atoms with Crippen molar-refractivity contribution in [1.29, 1.82) is 0 Å². The smallest absolute Gasteiger partial charge is 0.406 e. The van der Waals surface area contributed by atoms with Crippen molar-refractivity contribution in [3.05, 3.63) is 53.5 Å². The number of halogens is 4. The Morgan fingerprint density at radius 1 is 1.14 bits per heavy atom. The molecule has 0 amide bonds. The summed E-state index contributed by atoms with van der Waals surface area (Å²) in [6.07, 6.45) is -0.325. The van der Waals surface area contributed by atoms with Gasteiger partial charge in [-0.15, -0.1) is 0 Å². The number of carboxylic acids is 1.